The second-order valence-electron chi connectivity index (χ2n) is 5.38. The Bertz CT molecular complexity index is 733. The van der Waals surface area contributed by atoms with Crippen molar-refractivity contribution < 1.29 is 19.3 Å². The summed E-state index contributed by atoms with van der Waals surface area (Å²) in [5.74, 6) is -0.0237. The summed E-state index contributed by atoms with van der Waals surface area (Å²) < 4.78 is 18.0. The van der Waals surface area contributed by atoms with Gasteiger partial charge in [-0.2, -0.15) is 0 Å². The van der Waals surface area contributed by atoms with E-state index in [1.807, 2.05) is 0 Å². The van der Waals surface area contributed by atoms with E-state index < -0.39 is 0 Å². The molecule has 4 N–H and O–H groups in total. The van der Waals surface area contributed by atoms with Crippen molar-refractivity contribution >= 4 is 11.7 Å². The van der Waals surface area contributed by atoms with Gasteiger partial charge in [-0.3, -0.25) is 0 Å². The molecular weight excluding hydrogens is 305 g/mol. The molecule has 0 radical (unpaired) electrons. The summed E-state index contributed by atoms with van der Waals surface area (Å²) >= 11 is 0. The first kappa shape index (κ1) is 15.2. The van der Waals surface area contributed by atoms with Gasteiger partial charge in [0, 0.05) is 6.04 Å². The fourth-order valence-electron chi connectivity index (χ4n) is 2.43. The molecule has 0 fully saturated rings. The summed E-state index contributed by atoms with van der Waals surface area (Å²) in [6.07, 6.45) is 0.676. The van der Waals surface area contributed by atoms with E-state index in [1.165, 1.54) is 12.1 Å². The van der Waals surface area contributed by atoms with Crippen LogP contribution in [0.3, 0.4) is 0 Å². The number of aliphatic hydroxyl groups is 1. The number of benzene rings is 1. The third kappa shape index (κ3) is 2.95. The van der Waals surface area contributed by atoms with Crippen LogP contribution >= 0.6 is 0 Å². The average Bonchev–Trinajstić information content (AvgIpc) is 2.98. The predicted octanol–water partition coefficient (Wildman–Crippen LogP) is 1.02. The molecule has 0 spiro atoms. The molecule has 0 saturated heterocycles. The first-order valence-electron chi connectivity index (χ1n) is 7.09. The Labute approximate surface area is 131 Å². The van der Waals surface area contributed by atoms with Crippen molar-refractivity contribution in [3.05, 3.63) is 40.8 Å². The predicted molar refractivity (Wildman–Crippen MR) is 78.8 cm³/mol. The lowest BCUT2D eigenvalue weighted by molar-refractivity contribution is 0.279. The Morgan fingerprint density at radius 1 is 1.52 bits per heavy atom. The standard InChI is InChI=1S/C14H16FN5O3/c1-7(6-21)16-14-12(19-23-20-14)13(18-22)17-11-4-8-2-3-9(15)5-10(8)11/h2-3,5,7,11,21-22H,4,6H2,1H3,(H,16,20)(H,17,18)/t7?,11-/m0/s1. The van der Waals surface area contributed by atoms with E-state index >= 15 is 0 Å². The van der Waals surface area contributed by atoms with Crippen LogP contribution in [0.5, 0.6) is 0 Å². The number of rotatable bonds is 5. The first-order chi connectivity index (χ1) is 11.1. The van der Waals surface area contributed by atoms with Gasteiger partial charge in [0.1, 0.15) is 5.82 Å². The second-order valence-corrected chi connectivity index (χ2v) is 5.38. The maximum absolute atomic E-state index is 13.3. The molecular formula is C14H16FN5O3. The monoisotopic (exact) mass is 321 g/mol. The van der Waals surface area contributed by atoms with Crippen molar-refractivity contribution in [1.82, 2.24) is 15.6 Å². The lowest BCUT2D eigenvalue weighted by Crippen LogP contribution is -2.37. The van der Waals surface area contributed by atoms with Gasteiger partial charge in [-0.15, -0.1) is 0 Å². The average molecular weight is 321 g/mol. The van der Waals surface area contributed by atoms with Gasteiger partial charge in [-0.25, -0.2) is 9.02 Å². The third-order valence-electron chi connectivity index (χ3n) is 3.69. The molecule has 9 heteroatoms. The van der Waals surface area contributed by atoms with E-state index in [2.05, 4.69) is 30.7 Å². The smallest absolute Gasteiger partial charge is 0.202 e. The molecule has 0 saturated carbocycles. The largest absolute Gasteiger partial charge is 0.409 e. The van der Waals surface area contributed by atoms with Crippen LogP contribution in [0.15, 0.2) is 28.0 Å². The van der Waals surface area contributed by atoms with Crippen LogP contribution in [0.25, 0.3) is 0 Å². The molecule has 0 aliphatic heterocycles. The molecule has 3 rings (SSSR count). The highest BCUT2D eigenvalue weighted by molar-refractivity contribution is 6.00. The number of nitrogens with zero attached hydrogens (tertiary/aromatic N) is 3. The number of oxime groups is 1. The number of nitrogens with one attached hydrogen (secondary N) is 2. The molecule has 0 bridgehead atoms. The Morgan fingerprint density at radius 3 is 3.09 bits per heavy atom. The van der Waals surface area contributed by atoms with E-state index in [4.69, 9.17) is 5.11 Å². The van der Waals surface area contributed by atoms with E-state index in [0.29, 0.717) is 6.42 Å². The maximum atomic E-state index is 13.3. The SMILES string of the molecule is CC(CO)Nc1nonc1C(=NO)N[C@H]1Cc2ccc(F)cc21. The first-order valence-corrected chi connectivity index (χ1v) is 7.09. The lowest BCUT2D eigenvalue weighted by atomic mass is 9.83. The Kier molecular flexibility index (Phi) is 4.11. The fourth-order valence-corrected chi connectivity index (χ4v) is 2.43. The Morgan fingerprint density at radius 2 is 2.35 bits per heavy atom. The quantitative estimate of drug-likeness (QED) is 0.281. The van der Waals surface area contributed by atoms with Crippen LogP contribution in [-0.2, 0) is 6.42 Å². The van der Waals surface area contributed by atoms with Gasteiger partial charge >= 0.3 is 0 Å². The third-order valence-corrected chi connectivity index (χ3v) is 3.69. The molecule has 0 amide bonds. The van der Waals surface area contributed by atoms with E-state index in [1.54, 1.807) is 13.0 Å². The van der Waals surface area contributed by atoms with Crippen LogP contribution in [0.2, 0.25) is 0 Å². The van der Waals surface area contributed by atoms with Gasteiger partial charge in [0.2, 0.25) is 5.82 Å². The van der Waals surface area contributed by atoms with Crippen molar-refractivity contribution in [1.29, 1.82) is 0 Å². The molecule has 2 aromatic rings. The molecule has 1 heterocycles. The highest BCUT2D eigenvalue weighted by Crippen LogP contribution is 2.33. The van der Waals surface area contributed by atoms with Gasteiger partial charge in [-0.1, -0.05) is 11.2 Å². The van der Waals surface area contributed by atoms with E-state index in [0.717, 1.165) is 11.1 Å². The molecule has 8 nitrogen and oxygen atoms in total. The van der Waals surface area contributed by atoms with Crippen LogP contribution in [0.1, 0.15) is 29.8 Å². The molecule has 23 heavy (non-hydrogen) atoms. The molecule has 1 aliphatic rings. The Balaban J connectivity index is 1.76. The van der Waals surface area contributed by atoms with E-state index in [9.17, 15) is 9.60 Å². The zero-order valence-corrected chi connectivity index (χ0v) is 12.3. The highest BCUT2D eigenvalue weighted by atomic mass is 19.1. The number of aliphatic hydroxyl groups excluding tert-OH is 1. The molecule has 1 unspecified atom stereocenters. The topological polar surface area (TPSA) is 116 Å². The molecule has 1 aromatic heterocycles. The van der Waals surface area contributed by atoms with Crippen molar-refractivity contribution in [2.24, 2.45) is 5.16 Å². The molecule has 122 valence electrons. The minimum atomic E-state index is -0.319. The van der Waals surface area contributed by atoms with E-state index in [-0.39, 0.29) is 41.9 Å². The summed E-state index contributed by atoms with van der Waals surface area (Å²) in [7, 11) is 0. The number of hydrogen-bond acceptors (Lipinski definition) is 7. The second kappa shape index (κ2) is 6.21. The summed E-state index contributed by atoms with van der Waals surface area (Å²) in [6.45, 7) is 1.63. The minimum Gasteiger partial charge on any atom is -0.409 e. The van der Waals surface area contributed by atoms with Crippen LogP contribution in [0.4, 0.5) is 10.2 Å². The number of fused-ring (bicyclic) bond motifs is 1. The van der Waals surface area contributed by atoms with Gasteiger partial charge < -0.3 is 20.9 Å². The summed E-state index contributed by atoms with van der Waals surface area (Å²) in [4.78, 5) is 0. The Hall–Kier alpha value is -2.68. The number of halogens is 1. The number of anilines is 1. The number of amidine groups is 1. The van der Waals surface area contributed by atoms with Crippen molar-refractivity contribution in [2.75, 3.05) is 11.9 Å². The van der Waals surface area contributed by atoms with Crippen LogP contribution in [0, 0.1) is 5.82 Å². The fraction of sp³-hybridized carbons (Fsp3) is 0.357. The van der Waals surface area contributed by atoms with Crippen molar-refractivity contribution in [3.63, 3.8) is 0 Å². The zero-order valence-electron chi connectivity index (χ0n) is 12.3. The molecule has 2 atom stereocenters. The summed E-state index contributed by atoms with van der Waals surface area (Å²) in [5.41, 5.74) is 2.02. The van der Waals surface area contributed by atoms with Gasteiger partial charge in [0.05, 0.1) is 12.6 Å². The van der Waals surface area contributed by atoms with Crippen LogP contribution in [-0.4, -0.2) is 39.1 Å². The minimum absolute atomic E-state index is 0.0544. The van der Waals surface area contributed by atoms with Crippen LogP contribution < -0.4 is 10.6 Å². The normalized spacial score (nSPS) is 18.0. The maximum Gasteiger partial charge on any atom is 0.202 e. The van der Waals surface area contributed by atoms with Crippen molar-refractivity contribution in [3.8, 4) is 0 Å². The van der Waals surface area contributed by atoms with Gasteiger partial charge in [0.15, 0.2) is 11.5 Å². The zero-order chi connectivity index (χ0) is 16.4. The van der Waals surface area contributed by atoms with Gasteiger partial charge in [0.25, 0.3) is 0 Å². The number of hydrogen-bond donors (Lipinski definition) is 4. The molecule has 1 aliphatic carbocycles. The summed E-state index contributed by atoms with van der Waals surface area (Å²) in [5, 5.41) is 34.8. The summed E-state index contributed by atoms with van der Waals surface area (Å²) in [6, 6.07) is 4.12. The lowest BCUT2D eigenvalue weighted by Gasteiger charge is -2.31. The number of aromatic nitrogens is 2. The van der Waals surface area contributed by atoms with Gasteiger partial charge in [-0.05, 0) is 46.9 Å². The van der Waals surface area contributed by atoms with Crippen molar-refractivity contribution in [2.45, 2.75) is 25.4 Å². The molecule has 1 aromatic carbocycles. The highest BCUT2D eigenvalue weighted by Gasteiger charge is 2.29.